The van der Waals surface area contributed by atoms with E-state index in [-0.39, 0.29) is 17.4 Å². The van der Waals surface area contributed by atoms with Crippen LogP contribution in [0.5, 0.6) is 0 Å². The van der Waals surface area contributed by atoms with Crippen LogP contribution in [0.3, 0.4) is 0 Å². The van der Waals surface area contributed by atoms with Crippen LogP contribution < -0.4 is 0 Å². The molecule has 4 fully saturated rings. The average Bonchev–Trinajstić information content (AvgIpc) is 3.14. The Hall–Kier alpha value is -1.06. The third kappa shape index (κ3) is 1.86. The quantitative estimate of drug-likeness (QED) is 0.737. The smallest absolute Gasteiger partial charge is 0.302 e. The highest BCUT2D eigenvalue weighted by atomic mass is 16.5. The normalized spacial score (nSPS) is 45.5. The van der Waals surface area contributed by atoms with Gasteiger partial charge in [-0.1, -0.05) is 20.8 Å². The summed E-state index contributed by atoms with van der Waals surface area (Å²) in [6.07, 6.45) is 4.78. The Labute approximate surface area is 144 Å². The van der Waals surface area contributed by atoms with Gasteiger partial charge in [-0.2, -0.15) is 0 Å². The molecule has 0 aromatic carbocycles. The van der Waals surface area contributed by atoms with E-state index >= 15 is 0 Å². The minimum absolute atomic E-state index is 0.178. The Kier molecular flexibility index (Phi) is 3.12. The molecule has 24 heavy (non-hydrogen) atoms. The minimum Gasteiger partial charge on any atom is -0.465 e. The van der Waals surface area contributed by atoms with Crippen LogP contribution in [0.25, 0.3) is 0 Å². The van der Waals surface area contributed by atoms with Crippen molar-refractivity contribution < 1.29 is 19.1 Å². The molecule has 0 amide bonds. The van der Waals surface area contributed by atoms with E-state index < -0.39 is 0 Å². The van der Waals surface area contributed by atoms with Crippen molar-refractivity contribution in [1.82, 2.24) is 0 Å². The van der Waals surface area contributed by atoms with Gasteiger partial charge in [-0.3, -0.25) is 9.59 Å². The first-order valence-electron chi connectivity index (χ1n) is 9.36. The van der Waals surface area contributed by atoms with Crippen LogP contribution in [0.4, 0.5) is 0 Å². The van der Waals surface area contributed by atoms with Gasteiger partial charge >= 0.3 is 11.9 Å². The van der Waals surface area contributed by atoms with Gasteiger partial charge in [0.1, 0.15) is 13.2 Å². The molecule has 0 aromatic rings. The topological polar surface area (TPSA) is 52.6 Å². The van der Waals surface area contributed by atoms with E-state index in [9.17, 15) is 9.59 Å². The highest BCUT2D eigenvalue weighted by molar-refractivity contribution is 5.66. The number of rotatable bonds is 4. The molecule has 0 aromatic heterocycles. The van der Waals surface area contributed by atoms with Crippen molar-refractivity contribution in [3.8, 4) is 0 Å². The molecule has 0 saturated heterocycles. The molecule has 4 aliphatic rings. The number of hydrogen-bond acceptors (Lipinski definition) is 4. The van der Waals surface area contributed by atoms with Gasteiger partial charge in [0.25, 0.3) is 0 Å². The second-order valence-corrected chi connectivity index (χ2v) is 9.90. The van der Waals surface area contributed by atoms with Crippen molar-refractivity contribution in [2.24, 2.45) is 39.4 Å². The average molecular weight is 334 g/mol. The first kappa shape index (κ1) is 16.4. The van der Waals surface area contributed by atoms with Crippen LogP contribution in [0.1, 0.15) is 60.3 Å². The van der Waals surface area contributed by atoms with E-state index in [4.69, 9.17) is 9.47 Å². The van der Waals surface area contributed by atoms with Crippen molar-refractivity contribution in [3.05, 3.63) is 0 Å². The van der Waals surface area contributed by atoms with Crippen LogP contribution >= 0.6 is 0 Å². The Balaban J connectivity index is 1.59. The molecule has 0 heterocycles. The summed E-state index contributed by atoms with van der Waals surface area (Å²) in [7, 11) is 0. The summed E-state index contributed by atoms with van der Waals surface area (Å²) in [5.41, 5.74) is 1.12. The predicted molar refractivity (Wildman–Crippen MR) is 89.0 cm³/mol. The lowest BCUT2D eigenvalue weighted by Crippen LogP contribution is -2.37. The molecule has 4 heteroatoms. The summed E-state index contributed by atoms with van der Waals surface area (Å²) in [5, 5.41) is 0. The predicted octanol–water partition coefficient (Wildman–Crippen LogP) is 3.58. The first-order chi connectivity index (χ1) is 11.1. The second kappa shape index (κ2) is 4.56. The zero-order chi connectivity index (χ0) is 17.5. The fourth-order valence-electron chi connectivity index (χ4n) is 7.38. The fraction of sp³-hybridized carbons (Fsp3) is 0.900. The monoisotopic (exact) mass is 334 g/mol. The lowest BCUT2D eigenvalue weighted by atomic mass is 9.70. The summed E-state index contributed by atoms with van der Waals surface area (Å²) in [6.45, 7) is 11.0. The van der Waals surface area contributed by atoms with Gasteiger partial charge in [0.05, 0.1) is 0 Å². The van der Waals surface area contributed by atoms with Crippen LogP contribution in [0.2, 0.25) is 0 Å². The molecule has 4 saturated carbocycles. The maximum atomic E-state index is 11.4. The van der Waals surface area contributed by atoms with Gasteiger partial charge in [-0.05, 0) is 59.7 Å². The maximum Gasteiger partial charge on any atom is 0.302 e. The Morgan fingerprint density at radius 1 is 1.04 bits per heavy atom. The molecule has 5 atom stereocenters. The largest absolute Gasteiger partial charge is 0.465 e. The lowest BCUT2D eigenvalue weighted by Gasteiger charge is -2.37. The van der Waals surface area contributed by atoms with Gasteiger partial charge < -0.3 is 9.47 Å². The molecule has 1 unspecified atom stereocenters. The van der Waals surface area contributed by atoms with Crippen molar-refractivity contribution in [2.75, 3.05) is 13.2 Å². The van der Waals surface area contributed by atoms with Crippen molar-refractivity contribution in [3.63, 3.8) is 0 Å². The minimum atomic E-state index is -0.244. The zero-order valence-corrected chi connectivity index (χ0v) is 15.6. The summed E-state index contributed by atoms with van der Waals surface area (Å²) in [6, 6.07) is 0. The molecule has 0 radical (unpaired) electrons. The number of ether oxygens (including phenoxy) is 2. The summed E-state index contributed by atoms with van der Waals surface area (Å²) >= 11 is 0. The first-order valence-corrected chi connectivity index (χ1v) is 9.36. The number of esters is 2. The Morgan fingerprint density at radius 2 is 1.62 bits per heavy atom. The number of hydrogen-bond donors (Lipinski definition) is 0. The number of carbonyl (C=O) groups excluding carboxylic acids is 2. The van der Waals surface area contributed by atoms with Crippen LogP contribution in [0.15, 0.2) is 0 Å². The van der Waals surface area contributed by atoms with E-state index in [0.29, 0.717) is 35.4 Å². The molecule has 134 valence electrons. The molecule has 0 N–H and O–H groups in total. The summed E-state index contributed by atoms with van der Waals surface area (Å²) < 4.78 is 10.8. The number of carbonyl (C=O) groups is 2. The molecule has 4 aliphatic carbocycles. The van der Waals surface area contributed by atoms with Gasteiger partial charge in [0.2, 0.25) is 0 Å². The van der Waals surface area contributed by atoms with E-state index in [1.54, 1.807) is 0 Å². The van der Waals surface area contributed by atoms with E-state index in [1.807, 2.05) is 0 Å². The van der Waals surface area contributed by atoms with E-state index in [2.05, 4.69) is 20.8 Å². The summed E-state index contributed by atoms with van der Waals surface area (Å²) in [5.74, 6) is 1.87. The van der Waals surface area contributed by atoms with Crippen molar-refractivity contribution >= 4 is 11.9 Å². The highest BCUT2D eigenvalue weighted by Crippen LogP contribution is 2.94. The molecule has 4 nitrogen and oxygen atoms in total. The third-order valence-electron chi connectivity index (χ3n) is 8.42. The van der Waals surface area contributed by atoms with E-state index in [0.717, 1.165) is 24.7 Å². The number of fused-ring (bicyclic) bond motifs is 2. The molecule has 4 rings (SSSR count). The zero-order valence-electron chi connectivity index (χ0n) is 15.6. The van der Waals surface area contributed by atoms with Gasteiger partial charge in [0.15, 0.2) is 0 Å². The molecular formula is C20H30O4. The standard InChI is InChI=1S/C20H30O4/c1-12(21)23-10-19(11-24-13(2)22)8-15-18(5)7-6-14-16(17(14,3)4)20(15,18)9-19/h14-16H,6-11H2,1-5H3/t14-,15+,16+,18+,20?/m1/s1. The molecule has 1 spiro atoms. The van der Waals surface area contributed by atoms with Crippen LogP contribution in [-0.4, -0.2) is 25.2 Å². The Bertz CT molecular complexity index is 591. The lowest BCUT2D eigenvalue weighted by molar-refractivity contribution is -0.152. The van der Waals surface area contributed by atoms with Gasteiger partial charge in [-0.25, -0.2) is 0 Å². The van der Waals surface area contributed by atoms with E-state index in [1.165, 1.54) is 26.7 Å². The van der Waals surface area contributed by atoms with Crippen LogP contribution in [-0.2, 0) is 19.1 Å². The third-order valence-corrected chi connectivity index (χ3v) is 8.42. The van der Waals surface area contributed by atoms with Gasteiger partial charge in [0, 0.05) is 19.3 Å². The summed E-state index contributed by atoms with van der Waals surface area (Å²) in [4.78, 5) is 22.7. The SMILES string of the molecule is CC(=O)OCC1(COC(C)=O)C[C@@H]2C3(C1)[C@H]1[C@@H](CC[C@@]23C)C1(C)C. The van der Waals surface area contributed by atoms with Crippen molar-refractivity contribution in [2.45, 2.75) is 60.3 Å². The maximum absolute atomic E-state index is 11.4. The highest BCUT2D eigenvalue weighted by Gasteiger charge is 2.89. The molecular weight excluding hydrogens is 304 g/mol. The fourth-order valence-corrected chi connectivity index (χ4v) is 7.38. The van der Waals surface area contributed by atoms with Crippen LogP contribution in [0, 0.1) is 39.4 Å². The molecule has 0 aliphatic heterocycles. The Morgan fingerprint density at radius 3 is 2.17 bits per heavy atom. The molecule has 0 bridgehead atoms. The van der Waals surface area contributed by atoms with Crippen molar-refractivity contribution in [1.29, 1.82) is 0 Å². The van der Waals surface area contributed by atoms with Gasteiger partial charge in [-0.15, -0.1) is 0 Å². The second-order valence-electron chi connectivity index (χ2n) is 9.90.